The number of hydrogen-bond donors (Lipinski definition) is 3. The molecule has 0 unspecified atom stereocenters. The first-order valence-corrected chi connectivity index (χ1v) is 12.4. The van der Waals surface area contributed by atoms with Crippen LogP contribution in [0.25, 0.3) is 11.3 Å². The Bertz CT molecular complexity index is 1450. The van der Waals surface area contributed by atoms with Crippen molar-refractivity contribution in [1.29, 1.82) is 0 Å². The van der Waals surface area contributed by atoms with Gasteiger partial charge in [0.15, 0.2) is 0 Å². The summed E-state index contributed by atoms with van der Waals surface area (Å²) in [6.07, 6.45) is 3.99. The van der Waals surface area contributed by atoms with E-state index in [2.05, 4.69) is 15.6 Å². The minimum atomic E-state index is -1.15. The number of aryl methyl sites for hydroxylation is 3. The van der Waals surface area contributed by atoms with E-state index in [0.717, 1.165) is 28.1 Å². The molecule has 4 aromatic rings. The van der Waals surface area contributed by atoms with Crippen LogP contribution < -0.4 is 10.6 Å². The second kappa shape index (κ2) is 11.7. The van der Waals surface area contributed by atoms with Crippen LogP contribution in [0.3, 0.4) is 0 Å². The zero-order valence-corrected chi connectivity index (χ0v) is 21.5. The Hall–Kier alpha value is -4.46. The average molecular weight is 516 g/mol. The molecule has 0 radical (unpaired) electrons. The van der Waals surface area contributed by atoms with Crippen molar-refractivity contribution in [1.82, 2.24) is 10.3 Å². The quantitative estimate of drug-likeness (QED) is 0.250. The highest BCUT2D eigenvalue weighted by molar-refractivity contribution is 5.99. The Morgan fingerprint density at radius 2 is 1.82 bits per heavy atom. The third kappa shape index (κ3) is 6.45. The molecular formula is C30H30FN3O4. The molecule has 1 atom stereocenters. The van der Waals surface area contributed by atoms with Gasteiger partial charge in [-0.2, -0.15) is 0 Å². The number of halogens is 1. The van der Waals surface area contributed by atoms with E-state index in [1.54, 1.807) is 19.4 Å². The van der Waals surface area contributed by atoms with E-state index in [1.165, 1.54) is 12.1 Å². The zero-order chi connectivity index (χ0) is 27.2. The first-order valence-electron chi connectivity index (χ1n) is 12.4. The largest absolute Gasteiger partial charge is 0.480 e. The molecule has 0 aliphatic heterocycles. The number of carboxylic acid groups (broad SMARTS) is 1. The van der Waals surface area contributed by atoms with Crippen LogP contribution in [-0.4, -0.2) is 28.0 Å². The van der Waals surface area contributed by atoms with E-state index in [-0.39, 0.29) is 6.42 Å². The minimum absolute atomic E-state index is 0.0971. The van der Waals surface area contributed by atoms with E-state index < -0.39 is 23.7 Å². The van der Waals surface area contributed by atoms with Gasteiger partial charge in [-0.05, 0) is 72.9 Å². The number of nitrogens with zero attached hydrogens (tertiary/aromatic N) is 1. The molecular weight excluding hydrogens is 485 g/mol. The number of pyridine rings is 1. The van der Waals surface area contributed by atoms with Crippen LogP contribution in [0.2, 0.25) is 0 Å². The molecule has 3 N–H and O–H groups in total. The van der Waals surface area contributed by atoms with Gasteiger partial charge in [-0.15, -0.1) is 0 Å². The van der Waals surface area contributed by atoms with Gasteiger partial charge in [-0.1, -0.05) is 31.2 Å². The number of amides is 1. The minimum Gasteiger partial charge on any atom is -0.480 e. The predicted octanol–water partition coefficient (Wildman–Crippen LogP) is 5.70. The van der Waals surface area contributed by atoms with Crippen molar-refractivity contribution in [2.75, 3.05) is 5.32 Å². The molecule has 0 aliphatic carbocycles. The SMILES string of the molecule is CCc1cc(F)cc(C)c1C(=O)N[C@@H](Cc1ccc(-c2cc(CNc3cc(C)ccn3)co2)cc1)C(=O)O. The fourth-order valence-corrected chi connectivity index (χ4v) is 4.33. The first kappa shape index (κ1) is 26.6. The molecule has 2 aromatic carbocycles. The molecule has 0 saturated heterocycles. The standard InChI is InChI=1S/C30H30FN3O4/c1-4-22-15-24(31)12-19(3)28(22)29(35)34-25(30(36)37)13-20-5-7-23(8-6-20)26-14-21(17-38-26)16-33-27-11-18(2)9-10-32-27/h5-12,14-15,17,25H,4,13,16H2,1-3H3,(H,32,33)(H,34,35)(H,36,37)/t25-/m0/s1. The van der Waals surface area contributed by atoms with E-state index in [0.29, 0.717) is 35.4 Å². The lowest BCUT2D eigenvalue weighted by atomic mass is 9.98. The Kier molecular flexibility index (Phi) is 8.21. The summed E-state index contributed by atoms with van der Waals surface area (Å²) in [5.41, 5.74) is 5.00. The summed E-state index contributed by atoms with van der Waals surface area (Å²) in [5.74, 6) is -0.619. The number of aromatic nitrogens is 1. The molecule has 2 heterocycles. The number of nitrogens with one attached hydrogen (secondary N) is 2. The summed E-state index contributed by atoms with van der Waals surface area (Å²) in [6, 6.07) is 14.6. The van der Waals surface area contributed by atoms with Crippen LogP contribution in [0.15, 0.2) is 71.5 Å². The fourth-order valence-electron chi connectivity index (χ4n) is 4.33. The lowest BCUT2D eigenvalue weighted by molar-refractivity contribution is -0.139. The summed E-state index contributed by atoms with van der Waals surface area (Å²) in [4.78, 5) is 29.2. The van der Waals surface area contributed by atoms with Gasteiger partial charge >= 0.3 is 5.97 Å². The summed E-state index contributed by atoms with van der Waals surface area (Å²) < 4.78 is 19.5. The number of benzene rings is 2. The monoisotopic (exact) mass is 515 g/mol. The van der Waals surface area contributed by atoms with E-state index in [4.69, 9.17) is 4.42 Å². The molecule has 0 spiro atoms. The van der Waals surface area contributed by atoms with Crippen molar-refractivity contribution in [2.24, 2.45) is 0 Å². The molecule has 4 rings (SSSR count). The molecule has 8 heteroatoms. The second-order valence-electron chi connectivity index (χ2n) is 9.27. The number of anilines is 1. The van der Waals surface area contributed by atoms with E-state index in [9.17, 15) is 19.1 Å². The number of hydrogen-bond acceptors (Lipinski definition) is 5. The summed E-state index contributed by atoms with van der Waals surface area (Å²) >= 11 is 0. The molecule has 0 saturated carbocycles. The summed E-state index contributed by atoms with van der Waals surface area (Å²) in [7, 11) is 0. The Balaban J connectivity index is 1.41. The second-order valence-corrected chi connectivity index (χ2v) is 9.27. The number of carbonyl (C=O) groups excluding carboxylic acids is 1. The van der Waals surface area contributed by atoms with Crippen LogP contribution in [-0.2, 0) is 24.2 Å². The number of aliphatic carboxylic acids is 1. The van der Waals surface area contributed by atoms with Gasteiger partial charge in [0.05, 0.1) is 6.26 Å². The number of furan rings is 1. The highest BCUT2D eigenvalue weighted by atomic mass is 19.1. The van der Waals surface area contributed by atoms with Crippen LogP contribution in [0.4, 0.5) is 10.2 Å². The van der Waals surface area contributed by atoms with Crippen molar-refractivity contribution in [3.63, 3.8) is 0 Å². The molecule has 2 aromatic heterocycles. The van der Waals surface area contributed by atoms with Crippen molar-refractivity contribution in [2.45, 2.75) is 46.2 Å². The van der Waals surface area contributed by atoms with Gasteiger partial charge in [0.25, 0.3) is 5.91 Å². The molecule has 7 nitrogen and oxygen atoms in total. The maximum Gasteiger partial charge on any atom is 0.326 e. The summed E-state index contributed by atoms with van der Waals surface area (Å²) in [6.45, 7) is 6.03. The van der Waals surface area contributed by atoms with Crippen molar-refractivity contribution in [3.8, 4) is 11.3 Å². The van der Waals surface area contributed by atoms with E-state index in [1.807, 2.05) is 56.3 Å². The highest BCUT2D eigenvalue weighted by Gasteiger charge is 2.24. The average Bonchev–Trinajstić information content (AvgIpc) is 3.36. The van der Waals surface area contributed by atoms with Gasteiger partial charge in [0, 0.05) is 35.9 Å². The number of carboxylic acids is 1. The van der Waals surface area contributed by atoms with Crippen molar-refractivity contribution in [3.05, 3.63) is 106 Å². The highest BCUT2D eigenvalue weighted by Crippen LogP contribution is 2.24. The molecule has 0 fully saturated rings. The Morgan fingerprint density at radius 1 is 1.05 bits per heavy atom. The Morgan fingerprint density at radius 3 is 2.50 bits per heavy atom. The van der Waals surface area contributed by atoms with Gasteiger partial charge in [0.2, 0.25) is 0 Å². The zero-order valence-electron chi connectivity index (χ0n) is 21.5. The maximum atomic E-state index is 13.8. The third-order valence-corrected chi connectivity index (χ3v) is 6.31. The van der Waals surface area contributed by atoms with Gasteiger partial charge in [-0.25, -0.2) is 14.2 Å². The molecule has 38 heavy (non-hydrogen) atoms. The molecule has 0 aliphatic rings. The topological polar surface area (TPSA) is 104 Å². The normalized spacial score (nSPS) is 11.7. The molecule has 1 amide bonds. The maximum absolute atomic E-state index is 13.8. The van der Waals surface area contributed by atoms with Crippen molar-refractivity contribution < 1.29 is 23.5 Å². The van der Waals surface area contributed by atoms with Crippen molar-refractivity contribution >= 4 is 17.7 Å². The number of rotatable bonds is 10. The summed E-state index contributed by atoms with van der Waals surface area (Å²) in [5, 5.41) is 15.6. The lowest BCUT2D eigenvalue weighted by Crippen LogP contribution is -2.42. The number of carbonyl (C=O) groups is 2. The van der Waals surface area contributed by atoms with Crippen LogP contribution in [0.5, 0.6) is 0 Å². The smallest absolute Gasteiger partial charge is 0.326 e. The predicted molar refractivity (Wildman–Crippen MR) is 144 cm³/mol. The molecule has 196 valence electrons. The molecule has 0 bridgehead atoms. The third-order valence-electron chi connectivity index (χ3n) is 6.31. The lowest BCUT2D eigenvalue weighted by Gasteiger charge is -2.17. The van der Waals surface area contributed by atoms with Gasteiger partial charge in [-0.3, -0.25) is 4.79 Å². The van der Waals surface area contributed by atoms with Crippen LogP contribution in [0, 0.1) is 19.7 Å². The first-order chi connectivity index (χ1) is 18.2. The van der Waals surface area contributed by atoms with E-state index >= 15 is 0 Å². The van der Waals surface area contributed by atoms with Crippen LogP contribution in [0.1, 0.15) is 45.1 Å². The van der Waals surface area contributed by atoms with Gasteiger partial charge < -0.3 is 20.2 Å². The van der Waals surface area contributed by atoms with Gasteiger partial charge in [0.1, 0.15) is 23.4 Å². The Labute approximate surface area is 220 Å². The van der Waals surface area contributed by atoms with Crippen LogP contribution >= 0.6 is 0 Å². The fraction of sp³-hybridized carbons (Fsp3) is 0.233.